The highest BCUT2D eigenvalue weighted by molar-refractivity contribution is 5.88. The lowest BCUT2D eigenvalue weighted by Crippen LogP contribution is -2.51. The molecular formula is C38H52N10O19. The van der Waals surface area contributed by atoms with Crippen molar-refractivity contribution in [2.75, 3.05) is 32.7 Å². The molecule has 0 spiro atoms. The molecule has 2 aromatic heterocycles. The number of carboxylic acids is 8. The maximum absolute atomic E-state index is 13.0. The number of hydrogen-bond donors (Lipinski definition) is 11. The Morgan fingerprint density at radius 2 is 0.985 bits per heavy atom. The first-order valence-corrected chi connectivity index (χ1v) is 20.0. The summed E-state index contributed by atoms with van der Waals surface area (Å²) in [6.45, 7) is 0.279. The van der Waals surface area contributed by atoms with Gasteiger partial charge in [-0.25, -0.2) is 29.1 Å². The third kappa shape index (κ3) is 21.0. The van der Waals surface area contributed by atoms with Gasteiger partial charge in [0, 0.05) is 43.3 Å². The van der Waals surface area contributed by atoms with E-state index in [0.717, 1.165) is 4.90 Å². The van der Waals surface area contributed by atoms with Gasteiger partial charge in [0.2, 0.25) is 11.8 Å². The zero-order valence-corrected chi connectivity index (χ0v) is 35.8. The second kappa shape index (κ2) is 27.3. The van der Waals surface area contributed by atoms with Gasteiger partial charge in [-0.05, 0) is 38.6 Å². The van der Waals surface area contributed by atoms with Gasteiger partial charge in [-0.15, -0.1) is 0 Å². The number of allylic oxidation sites excluding steroid dienone is 1. The zero-order chi connectivity index (χ0) is 50.4. The molecule has 29 nitrogen and oxygen atoms in total. The van der Waals surface area contributed by atoms with Crippen LogP contribution in [0.1, 0.15) is 56.6 Å². The third-order valence-electron chi connectivity index (χ3n) is 9.46. The van der Waals surface area contributed by atoms with Crippen LogP contribution in [0.25, 0.3) is 0 Å². The van der Waals surface area contributed by atoms with Crippen LogP contribution in [0.4, 0.5) is 4.79 Å². The lowest BCUT2D eigenvalue weighted by molar-refractivity contribution is -0.149. The summed E-state index contributed by atoms with van der Waals surface area (Å²) in [5.74, 6) is -12.6. The first-order chi connectivity index (χ1) is 31.4. The van der Waals surface area contributed by atoms with E-state index in [1.165, 1.54) is 29.4 Å². The second-order valence-corrected chi connectivity index (χ2v) is 14.7. The first-order valence-electron chi connectivity index (χ1n) is 20.0. The van der Waals surface area contributed by atoms with Crippen LogP contribution in [0.5, 0.6) is 0 Å². The summed E-state index contributed by atoms with van der Waals surface area (Å²) in [5, 5.41) is 80.7. The monoisotopic (exact) mass is 952 g/mol. The van der Waals surface area contributed by atoms with E-state index in [1.807, 2.05) is 10.6 Å². The number of aliphatic carboxylic acids is 8. The highest BCUT2D eigenvalue weighted by Gasteiger charge is 2.28. The molecule has 2 rings (SSSR count). The Labute approximate surface area is 379 Å². The van der Waals surface area contributed by atoms with E-state index in [1.54, 1.807) is 9.47 Å². The summed E-state index contributed by atoms with van der Waals surface area (Å²) >= 11 is 0. The minimum absolute atomic E-state index is 0.0122. The fraction of sp³-hybridized carbons (Fsp3) is 0.500. The lowest BCUT2D eigenvalue weighted by atomic mass is 10.1. The predicted octanol–water partition coefficient (Wildman–Crippen LogP) is -2.35. The number of hydrogen-bond acceptors (Lipinski definition) is 15. The molecular weight excluding hydrogens is 900 g/mol. The van der Waals surface area contributed by atoms with Crippen LogP contribution in [-0.2, 0) is 74.1 Å². The summed E-state index contributed by atoms with van der Waals surface area (Å²) in [7, 11) is 0. The van der Waals surface area contributed by atoms with Crippen LogP contribution in [0, 0.1) is 0 Å². The molecule has 0 aliphatic rings. The molecule has 11 N–H and O–H groups in total. The number of amides is 4. The van der Waals surface area contributed by atoms with E-state index in [2.05, 4.69) is 21.9 Å². The van der Waals surface area contributed by atoms with Gasteiger partial charge >= 0.3 is 53.8 Å². The molecule has 0 fully saturated rings. The number of carbonyl (C=O) groups is 11. The highest BCUT2D eigenvalue weighted by atomic mass is 16.4. The third-order valence-corrected chi connectivity index (χ3v) is 9.46. The predicted molar refractivity (Wildman–Crippen MR) is 220 cm³/mol. The summed E-state index contributed by atoms with van der Waals surface area (Å²) in [6.07, 6.45) is 3.66. The maximum Gasteiger partial charge on any atom is 0.326 e. The second-order valence-electron chi connectivity index (χ2n) is 14.7. The Balaban J connectivity index is 2.22. The van der Waals surface area contributed by atoms with Crippen molar-refractivity contribution in [1.29, 1.82) is 0 Å². The molecule has 0 unspecified atom stereocenters. The number of nitrogens with one attached hydrogen (secondary N) is 3. The number of urea groups is 1. The number of nitrogens with zero attached hydrogens (tertiary/aromatic N) is 7. The molecule has 0 bridgehead atoms. The fourth-order valence-corrected chi connectivity index (χ4v) is 6.22. The normalized spacial score (nSPS) is 12.2. The van der Waals surface area contributed by atoms with Gasteiger partial charge in [0.05, 0.1) is 19.6 Å². The number of rotatable bonds is 34. The molecule has 2 aromatic rings. The molecule has 0 aliphatic carbocycles. The molecule has 29 heteroatoms. The quantitative estimate of drug-likeness (QED) is 0.0327. The standard InChI is InChI=1S/C38H52N10O19/c1-22(47(18-31(53)54)19-32(55)56)14-45-12-9-39-26(45)15-44(16-27-40-10-13-46(27)17-29(50)48(20-33(57)58)21-34(59)60)11-3-2-4-23(35(61)62)41-28(49)7-5-24(36(63)64)42-38(67)43-25(37(65)66)6-8-30(51)52/h9-10,12-13,23-25H,1-8,11,14-21H2,(H,41,49)(H,51,52)(H,53,54)(H,55,56)(H,57,58)(H,59,60)(H,61,62)(H,63,64)(H,65,66)(H2,42,43,67)/t23-,24+,25+/m0/s1. The van der Waals surface area contributed by atoms with E-state index in [0.29, 0.717) is 10.7 Å². The minimum Gasteiger partial charge on any atom is -0.481 e. The number of aromatic nitrogens is 4. The van der Waals surface area contributed by atoms with Crippen molar-refractivity contribution in [3.63, 3.8) is 0 Å². The van der Waals surface area contributed by atoms with E-state index in [4.69, 9.17) is 5.11 Å². The smallest absolute Gasteiger partial charge is 0.326 e. The van der Waals surface area contributed by atoms with Gasteiger partial charge in [-0.2, -0.15) is 0 Å². The van der Waals surface area contributed by atoms with Crippen LogP contribution in [0.3, 0.4) is 0 Å². The fourth-order valence-electron chi connectivity index (χ4n) is 6.22. The molecule has 0 aromatic carbocycles. The molecule has 67 heavy (non-hydrogen) atoms. The van der Waals surface area contributed by atoms with Gasteiger partial charge < -0.3 is 75.7 Å². The molecule has 0 aliphatic heterocycles. The van der Waals surface area contributed by atoms with Crippen molar-refractivity contribution < 1.29 is 93.6 Å². The van der Waals surface area contributed by atoms with Gasteiger partial charge in [0.1, 0.15) is 62.5 Å². The Hall–Kier alpha value is -8.11. The number of carboxylic acid groups (broad SMARTS) is 8. The van der Waals surface area contributed by atoms with Crippen LogP contribution in [0.2, 0.25) is 0 Å². The van der Waals surface area contributed by atoms with Crippen molar-refractivity contribution in [3.05, 3.63) is 48.7 Å². The molecule has 368 valence electrons. The largest absolute Gasteiger partial charge is 0.481 e. The van der Waals surface area contributed by atoms with Crippen molar-refractivity contribution >= 4 is 65.6 Å². The topological polar surface area (TPSA) is 431 Å². The Bertz CT molecular complexity index is 2020. The van der Waals surface area contributed by atoms with Crippen LogP contribution < -0.4 is 16.0 Å². The average Bonchev–Trinajstić information content (AvgIpc) is 3.85. The number of imidazole rings is 2. The van der Waals surface area contributed by atoms with Crippen molar-refractivity contribution in [3.8, 4) is 0 Å². The SMILES string of the molecule is C=C(Cn1ccnc1CN(CCCC[C@H](NC(=O)CC[C@@H](NC(=O)N[C@H](CCC(=O)O)C(=O)O)C(=O)O)C(=O)O)Cc1nccn1CC(=O)N(CC(=O)O)CC(=O)O)N(CC(=O)O)CC(=O)O. The Kier molecular flexibility index (Phi) is 22.4. The molecule has 0 saturated heterocycles. The molecule has 3 atom stereocenters. The molecule has 0 saturated carbocycles. The number of carbonyl (C=O) groups excluding carboxylic acids is 3. The summed E-state index contributed by atoms with van der Waals surface area (Å²) < 4.78 is 2.93. The minimum atomic E-state index is -1.74. The summed E-state index contributed by atoms with van der Waals surface area (Å²) in [5.41, 5.74) is 0.123. The summed E-state index contributed by atoms with van der Waals surface area (Å²) in [6, 6.07) is -6.15. The van der Waals surface area contributed by atoms with Crippen LogP contribution >= 0.6 is 0 Å². The van der Waals surface area contributed by atoms with Gasteiger partial charge in [0.15, 0.2) is 0 Å². The Morgan fingerprint density at radius 3 is 1.43 bits per heavy atom. The number of unbranched alkanes of at least 4 members (excludes halogenated alkanes) is 1. The highest BCUT2D eigenvalue weighted by Crippen LogP contribution is 2.15. The zero-order valence-electron chi connectivity index (χ0n) is 35.8. The average molecular weight is 953 g/mol. The lowest BCUT2D eigenvalue weighted by Gasteiger charge is -2.26. The van der Waals surface area contributed by atoms with Gasteiger partial charge in [-0.1, -0.05) is 6.58 Å². The van der Waals surface area contributed by atoms with Gasteiger partial charge in [-0.3, -0.25) is 38.5 Å². The van der Waals surface area contributed by atoms with E-state index in [-0.39, 0.29) is 57.0 Å². The molecule has 0 radical (unpaired) electrons. The van der Waals surface area contributed by atoms with Crippen molar-refractivity contribution in [2.45, 2.75) is 89.3 Å². The van der Waals surface area contributed by atoms with Gasteiger partial charge in [0.25, 0.3) is 0 Å². The van der Waals surface area contributed by atoms with Crippen molar-refractivity contribution in [2.24, 2.45) is 0 Å². The van der Waals surface area contributed by atoms with E-state index >= 15 is 0 Å². The first kappa shape index (κ1) is 55.0. The van der Waals surface area contributed by atoms with Crippen LogP contribution in [-0.4, -0.2) is 191 Å². The van der Waals surface area contributed by atoms with E-state index in [9.17, 15) is 88.5 Å². The Morgan fingerprint density at radius 1 is 0.552 bits per heavy atom. The van der Waals surface area contributed by atoms with Crippen molar-refractivity contribution in [1.82, 2.24) is 49.8 Å². The van der Waals surface area contributed by atoms with E-state index < -0.39 is 142 Å². The molecule has 4 amide bonds. The van der Waals surface area contributed by atoms with Crippen LogP contribution in [0.15, 0.2) is 37.1 Å². The summed E-state index contributed by atoms with van der Waals surface area (Å²) in [4.78, 5) is 142. The maximum atomic E-state index is 13.0. The molecule has 2 heterocycles.